The van der Waals surface area contributed by atoms with Gasteiger partial charge in [0, 0.05) is 31.5 Å². The minimum Gasteiger partial charge on any atom is -0.378 e. The molecule has 2 aliphatic heterocycles. The Labute approximate surface area is 170 Å². The van der Waals surface area contributed by atoms with Gasteiger partial charge < -0.3 is 19.7 Å². The summed E-state index contributed by atoms with van der Waals surface area (Å²) >= 11 is 0. The Morgan fingerprint density at radius 2 is 1.69 bits per heavy atom. The summed E-state index contributed by atoms with van der Waals surface area (Å²) in [4.78, 5) is 11.0. The molecular formula is C19H25N5O4S. The third-order valence-electron chi connectivity index (χ3n) is 5.07. The van der Waals surface area contributed by atoms with Gasteiger partial charge in [-0.15, -0.1) is 0 Å². The number of nitrogens with one attached hydrogen (secondary N) is 2. The molecule has 0 saturated carbocycles. The van der Waals surface area contributed by atoms with Crippen LogP contribution in [0.25, 0.3) is 11.3 Å². The number of fused-ring (bicyclic) bond motifs is 1. The monoisotopic (exact) mass is 419 g/mol. The third-order valence-corrected chi connectivity index (χ3v) is 5.80. The first kappa shape index (κ1) is 20.0. The van der Waals surface area contributed by atoms with E-state index in [1.165, 1.54) is 0 Å². The zero-order valence-corrected chi connectivity index (χ0v) is 17.4. The van der Waals surface area contributed by atoms with Gasteiger partial charge in [0.25, 0.3) is 0 Å². The molecule has 3 heterocycles. The molecule has 4 rings (SSSR count). The minimum atomic E-state index is -3.33. The van der Waals surface area contributed by atoms with Crippen molar-refractivity contribution < 1.29 is 17.9 Å². The van der Waals surface area contributed by atoms with Crippen molar-refractivity contribution in [2.45, 2.75) is 24.3 Å². The van der Waals surface area contributed by atoms with Gasteiger partial charge in [-0.05, 0) is 18.2 Å². The highest BCUT2D eigenvalue weighted by Crippen LogP contribution is 2.29. The number of ether oxygens (including phenoxy) is 2. The summed E-state index contributed by atoms with van der Waals surface area (Å²) in [5.41, 5.74) is 2.93. The van der Waals surface area contributed by atoms with E-state index < -0.39 is 10.0 Å². The number of nitrogens with zero attached hydrogens (tertiary/aromatic N) is 3. The number of hydrogen-bond donors (Lipinski definition) is 2. The molecule has 9 nitrogen and oxygen atoms in total. The quantitative estimate of drug-likeness (QED) is 0.705. The molecule has 2 N–H and O–H groups in total. The molecule has 1 aromatic carbocycles. The molecular weight excluding hydrogens is 394 g/mol. The molecule has 10 heteroatoms. The second kappa shape index (κ2) is 7.86. The van der Waals surface area contributed by atoms with Gasteiger partial charge in [-0.1, -0.05) is 12.1 Å². The van der Waals surface area contributed by atoms with E-state index in [4.69, 9.17) is 9.47 Å². The van der Waals surface area contributed by atoms with E-state index in [-0.39, 0.29) is 30.9 Å². The van der Waals surface area contributed by atoms with E-state index in [0.717, 1.165) is 23.2 Å². The predicted molar refractivity (Wildman–Crippen MR) is 110 cm³/mol. The topological polar surface area (TPSA) is 106 Å². The summed E-state index contributed by atoms with van der Waals surface area (Å²) in [5.74, 6) is 0.483. The van der Waals surface area contributed by atoms with Crippen molar-refractivity contribution in [2.24, 2.45) is 0 Å². The van der Waals surface area contributed by atoms with Crippen molar-refractivity contribution >= 4 is 21.7 Å². The van der Waals surface area contributed by atoms with Crippen LogP contribution in [0, 0.1) is 0 Å². The van der Waals surface area contributed by atoms with Gasteiger partial charge in [0.05, 0.1) is 37.2 Å². The normalized spacial score (nSPS) is 26.3. The van der Waals surface area contributed by atoms with Crippen LogP contribution in [0.4, 0.5) is 11.6 Å². The van der Waals surface area contributed by atoms with Gasteiger partial charge in [-0.2, -0.15) is 0 Å². The van der Waals surface area contributed by atoms with Crippen LogP contribution in [-0.4, -0.2) is 76.2 Å². The summed E-state index contributed by atoms with van der Waals surface area (Å²) in [6, 6.07) is 9.46. The maximum Gasteiger partial charge on any atom is 0.223 e. The summed E-state index contributed by atoms with van der Waals surface area (Å²) in [5, 5.41) is 3.28. The number of benzene rings is 1. The fourth-order valence-electron chi connectivity index (χ4n) is 3.68. The minimum absolute atomic E-state index is 0.155. The van der Waals surface area contributed by atoms with Crippen LogP contribution in [0.1, 0.15) is 0 Å². The van der Waals surface area contributed by atoms with Crippen LogP contribution in [-0.2, 0) is 19.5 Å². The number of hydrogen-bond acceptors (Lipinski definition) is 8. The molecule has 156 valence electrons. The van der Waals surface area contributed by atoms with Crippen molar-refractivity contribution in [1.82, 2.24) is 14.7 Å². The lowest BCUT2D eigenvalue weighted by molar-refractivity contribution is 0.0690. The fraction of sp³-hybridized carbons (Fsp3) is 0.474. The Bertz CT molecular complexity index is 967. The first-order valence-corrected chi connectivity index (χ1v) is 11.3. The first-order chi connectivity index (χ1) is 13.8. The molecule has 1 aromatic heterocycles. The highest BCUT2D eigenvalue weighted by molar-refractivity contribution is 7.88. The number of rotatable bonds is 6. The molecule has 4 atom stereocenters. The molecule has 29 heavy (non-hydrogen) atoms. The maximum absolute atomic E-state index is 11.5. The zero-order chi connectivity index (χ0) is 20.6. The lowest BCUT2D eigenvalue weighted by atomic mass is 10.1. The molecule has 2 aliphatic rings. The standard InChI is InChI=1S/C19H25N5O4S/c1-24(2)13-6-4-12(5-7-13)14-8-9-20-19(21-14)22-15-10-27-18-16(11-28-17(15)18)23-29(3,25)26/h4-9,15-18,23H,10-11H2,1-3H3,(H,20,21,22)/t15-,16+,17-,18+/m1/s1. The van der Waals surface area contributed by atoms with Crippen molar-refractivity contribution in [3.8, 4) is 11.3 Å². The van der Waals surface area contributed by atoms with Crippen molar-refractivity contribution in [1.29, 1.82) is 0 Å². The summed E-state index contributed by atoms with van der Waals surface area (Å²) < 4.78 is 37.2. The summed E-state index contributed by atoms with van der Waals surface area (Å²) in [6.07, 6.45) is 2.25. The van der Waals surface area contributed by atoms with Crippen LogP contribution in [0.5, 0.6) is 0 Å². The largest absolute Gasteiger partial charge is 0.378 e. The van der Waals surface area contributed by atoms with E-state index in [1.54, 1.807) is 6.20 Å². The molecule has 0 radical (unpaired) electrons. The van der Waals surface area contributed by atoms with Gasteiger partial charge in [0.1, 0.15) is 12.2 Å². The van der Waals surface area contributed by atoms with Gasteiger partial charge >= 0.3 is 0 Å². The van der Waals surface area contributed by atoms with Gasteiger partial charge in [-0.3, -0.25) is 0 Å². The van der Waals surface area contributed by atoms with Crippen LogP contribution in [0.2, 0.25) is 0 Å². The molecule has 0 amide bonds. The lowest BCUT2D eigenvalue weighted by Gasteiger charge is -2.18. The van der Waals surface area contributed by atoms with Crippen molar-refractivity contribution in [3.63, 3.8) is 0 Å². The second-order valence-corrected chi connectivity index (χ2v) is 9.33. The van der Waals surface area contributed by atoms with Crippen LogP contribution >= 0.6 is 0 Å². The second-order valence-electron chi connectivity index (χ2n) is 7.55. The molecule has 2 aromatic rings. The van der Waals surface area contributed by atoms with Crippen molar-refractivity contribution in [3.05, 3.63) is 36.5 Å². The van der Waals surface area contributed by atoms with Gasteiger partial charge in [0.2, 0.25) is 16.0 Å². The highest BCUT2D eigenvalue weighted by atomic mass is 32.2. The first-order valence-electron chi connectivity index (χ1n) is 9.38. The Kier molecular flexibility index (Phi) is 5.43. The third kappa shape index (κ3) is 4.50. The average Bonchev–Trinajstić information content (AvgIpc) is 3.25. The van der Waals surface area contributed by atoms with Crippen LogP contribution in [0.15, 0.2) is 36.5 Å². The Morgan fingerprint density at radius 3 is 2.34 bits per heavy atom. The smallest absolute Gasteiger partial charge is 0.223 e. The van der Waals surface area contributed by atoms with Gasteiger partial charge in [0.15, 0.2) is 0 Å². The molecule has 0 aliphatic carbocycles. The lowest BCUT2D eigenvalue weighted by Crippen LogP contribution is -2.44. The number of sulfonamides is 1. The van der Waals surface area contributed by atoms with Gasteiger partial charge in [-0.25, -0.2) is 23.1 Å². The van der Waals surface area contributed by atoms with E-state index in [9.17, 15) is 8.42 Å². The average molecular weight is 420 g/mol. The maximum atomic E-state index is 11.5. The number of aromatic nitrogens is 2. The van der Waals surface area contributed by atoms with E-state index in [0.29, 0.717) is 12.6 Å². The molecule has 2 saturated heterocycles. The van der Waals surface area contributed by atoms with E-state index in [1.807, 2.05) is 49.3 Å². The highest BCUT2D eigenvalue weighted by Gasteiger charge is 2.48. The molecule has 2 fully saturated rings. The van der Waals surface area contributed by atoms with E-state index in [2.05, 4.69) is 20.0 Å². The van der Waals surface area contributed by atoms with E-state index >= 15 is 0 Å². The Morgan fingerprint density at radius 1 is 1.03 bits per heavy atom. The SMILES string of the molecule is CN(C)c1ccc(-c2ccnc(N[C@@H]3CO[C@@H]4[C@@H]3OC[C@@H]4NS(C)(=O)=O)n2)cc1. The van der Waals surface area contributed by atoms with Crippen LogP contribution in [0.3, 0.4) is 0 Å². The Balaban J connectivity index is 1.45. The number of anilines is 2. The summed E-state index contributed by atoms with van der Waals surface area (Å²) in [6.45, 7) is 0.669. The Hall–Kier alpha value is -2.27. The molecule has 0 spiro atoms. The zero-order valence-electron chi connectivity index (χ0n) is 16.6. The van der Waals surface area contributed by atoms with Crippen molar-refractivity contribution in [2.75, 3.05) is 43.8 Å². The van der Waals surface area contributed by atoms with Crippen LogP contribution < -0.4 is 14.9 Å². The molecule has 0 bridgehead atoms. The molecule has 0 unspecified atom stereocenters. The predicted octanol–water partition coefficient (Wildman–Crippen LogP) is 0.706. The summed E-state index contributed by atoms with van der Waals surface area (Å²) in [7, 11) is 0.674. The fourth-order valence-corrected chi connectivity index (χ4v) is 4.44.